The molecule has 0 spiro atoms. The maximum absolute atomic E-state index is 10.8. The van der Waals surface area contributed by atoms with Gasteiger partial charge in [0, 0.05) is 0 Å². The molecule has 0 radical (unpaired) electrons. The Bertz CT molecular complexity index is 120. The average molecular weight is 179 g/mol. The molecule has 0 rings (SSSR count). The number of hydrogen-bond acceptors (Lipinski definition) is 5. The third-order valence-electron chi connectivity index (χ3n) is 1.08. The van der Waals surface area contributed by atoms with Crippen LogP contribution in [0.4, 0.5) is 0 Å². The van der Waals surface area contributed by atoms with E-state index in [9.17, 15) is 4.79 Å². The highest BCUT2D eigenvalue weighted by molar-refractivity contribution is 7.80. The number of carbonyl (C=O) groups excluding carboxylic acids is 1. The van der Waals surface area contributed by atoms with Gasteiger partial charge in [-0.1, -0.05) is 0 Å². The summed E-state index contributed by atoms with van der Waals surface area (Å²) in [6.07, 6.45) is 0.493. The van der Waals surface area contributed by atoms with Crippen molar-refractivity contribution in [3.05, 3.63) is 0 Å². The van der Waals surface area contributed by atoms with E-state index in [4.69, 9.17) is 10.8 Å². The molecule has 0 aromatic rings. The number of esters is 1. The molecule has 0 unspecified atom stereocenters. The number of aliphatic hydroxyl groups is 1. The SMILES string of the molecule is N[C@@H](CCS)C(=O)OCCO. The first-order valence-corrected chi connectivity index (χ1v) is 3.99. The Morgan fingerprint density at radius 3 is 2.82 bits per heavy atom. The summed E-state index contributed by atoms with van der Waals surface area (Å²) in [4.78, 5) is 10.8. The second kappa shape index (κ2) is 6.45. The van der Waals surface area contributed by atoms with Crippen molar-refractivity contribution in [3.63, 3.8) is 0 Å². The van der Waals surface area contributed by atoms with E-state index in [1.165, 1.54) is 0 Å². The summed E-state index contributed by atoms with van der Waals surface area (Å²) in [6.45, 7) is -0.154. The van der Waals surface area contributed by atoms with Crippen molar-refractivity contribution in [1.29, 1.82) is 0 Å². The molecule has 3 N–H and O–H groups in total. The molecule has 0 bridgehead atoms. The van der Waals surface area contributed by atoms with Crippen LogP contribution in [0.1, 0.15) is 6.42 Å². The van der Waals surface area contributed by atoms with Gasteiger partial charge in [0.1, 0.15) is 12.6 Å². The fourth-order valence-electron chi connectivity index (χ4n) is 0.510. The smallest absolute Gasteiger partial charge is 0.323 e. The van der Waals surface area contributed by atoms with Crippen molar-refractivity contribution in [1.82, 2.24) is 0 Å². The second-order valence-corrected chi connectivity index (χ2v) is 2.46. The van der Waals surface area contributed by atoms with Crippen LogP contribution in [0.5, 0.6) is 0 Å². The van der Waals surface area contributed by atoms with E-state index in [1.807, 2.05) is 0 Å². The molecule has 11 heavy (non-hydrogen) atoms. The number of thiol groups is 1. The molecule has 0 aliphatic rings. The third-order valence-corrected chi connectivity index (χ3v) is 1.34. The zero-order valence-corrected chi connectivity index (χ0v) is 7.09. The average Bonchev–Trinajstić information content (AvgIpc) is 2.00. The minimum atomic E-state index is -0.612. The monoisotopic (exact) mass is 179 g/mol. The molecule has 0 aromatic carbocycles. The van der Waals surface area contributed by atoms with Crippen molar-refractivity contribution in [2.45, 2.75) is 12.5 Å². The van der Waals surface area contributed by atoms with Crippen LogP contribution in [-0.4, -0.2) is 36.1 Å². The summed E-state index contributed by atoms with van der Waals surface area (Å²) in [5.74, 6) is 0.0724. The highest BCUT2D eigenvalue weighted by Gasteiger charge is 2.12. The van der Waals surface area contributed by atoms with E-state index in [-0.39, 0.29) is 13.2 Å². The highest BCUT2D eigenvalue weighted by Crippen LogP contribution is 1.93. The van der Waals surface area contributed by atoms with Gasteiger partial charge in [0.2, 0.25) is 0 Å². The fraction of sp³-hybridized carbons (Fsp3) is 0.833. The van der Waals surface area contributed by atoms with E-state index >= 15 is 0 Å². The summed E-state index contributed by atoms with van der Waals surface area (Å²) in [6, 6.07) is -0.612. The zero-order valence-electron chi connectivity index (χ0n) is 6.19. The van der Waals surface area contributed by atoms with Gasteiger partial charge < -0.3 is 15.6 Å². The number of nitrogens with two attached hydrogens (primary N) is 1. The molecule has 0 saturated heterocycles. The summed E-state index contributed by atoms with van der Waals surface area (Å²) >= 11 is 3.91. The summed E-state index contributed by atoms with van der Waals surface area (Å²) < 4.78 is 4.56. The topological polar surface area (TPSA) is 72.6 Å². The largest absolute Gasteiger partial charge is 0.462 e. The van der Waals surface area contributed by atoms with E-state index in [0.717, 1.165) is 0 Å². The molecule has 0 saturated carbocycles. The van der Waals surface area contributed by atoms with E-state index in [0.29, 0.717) is 12.2 Å². The van der Waals surface area contributed by atoms with E-state index in [2.05, 4.69) is 17.4 Å². The normalized spacial score (nSPS) is 12.6. The Kier molecular flexibility index (Phi) is 6.30. The molecular formula is C6H13NO3S. The van der Waals surface area contributed by atoms with Crippen molar-refractivity contribution in [3.8, 4) is 0 Å². The molecule has 4 nitrogen and oxygen atoms in total. The summed E-state index contributed by atoms with van der Waals surface area (Å²) in [5.41, 5.74) is 5.36. The van der Waals surface area contributed by atoms with Crippen LogP contribution in [-0.2, 0) is 9.53 Å². The summed E-state index contributed by atoms with van der Waals surface area (Å²) in [5, 5.41) is 8.29. The Hall–Kier alpha value is -0.260. The minimum Gasteiger partial charge on any atom is -0.462 e. The van der Waals surface area contributed by atoms with Gasteiger partial charge in [-0.15, -0.1) is 0 Å². The predicted octanol–water partition coefficient (Wildman–Crippen LogP) is -0.831. The van der Waals surface area contributed by atoms with Gasteiger partial charge >= 0.3 is 5.97 Å². The molecular weight excluding hydrogens is 166 g/mol. The second-order valence-electron chi connectivity index (χ2n) is 2.01. The number of carbonyl (C=O) groups is 1. The molecule has 1 atom stereocenters. The maximum Gasteiger partial charge on any atom is 0.323 e. The lowest BCUT2D eigenvalue weighted by molar-refractivity contribution is -0.146. The van der Waals surface area contributed by atoms with Gasteiger partial charge in [0.25, 0.3) is 0 Å². The fourth-order valence-corrected chi connectivity index (χ4v) is 0.788. The molecule has 0 amide bonds. The lowest BCUT2D eigenvalue weighted by atomic mass is 10.2. The molecule has 0 aliphatic carbocycles. The molecule has 0 aliphatic heterocycles. The number of rotatable bonds is 5. The van der Waals surface area contributed by atoms with Gasteiger partial charge in [-0.05, 0) is 12.2 Å². The van der Waals surface area contributed by atoms with Gasteiger partial charge in [0.05, 0.1) is 6.61 Å². The van der Waals surface area contributed by atoms with Crippen LogP contribution in [0, 0.1) is 0 Å². The molecule has 0 aromatic heterocycles. The Labute approximate surface area is 71.1 Å². The van der Waals surface area contributed by atoms with Crippen LogP contribution in [0.3, 0.4) is 0 Å². The highest BCUT2D eigenvalue weighted by atomic mass is 32.1. The van der Waals surface area contributed by atoms with E-state index in [1.54, 1.807) is 0 Å². The maximum atomic E-state index is 10.8. The first-order chi connectivity index (χ1) is 5.22. The molecule has 66 valence electrons. The van der Waals surface area contributed by atoms with Crippen molar-refractivity contribution in [2.75, 3.05) is 19.0 Å². The van der Waals surface area contributed by atoms with Crippen LogP contribution >= 0.6 is 12.6 Å². The lowest BCUT2D eigenvalue weighted by Crippen LogP contribution is -2.33. The molecule has 0 heterocycles. The van der Waals surface area contributed by atoms with Crippen LogP contribution < -0.4 is 5.73 Å². The Balaban J connectivity index is 3.47. The third kappa shape index (κ3) is 5.06. The summed E-state index contributed by atoms with van der Waals surface area (Å²) in [7, 11) is 0. The van der Waals surface area contributed by atoms with Crippen LogP contribution in [0.15, 0.2) is 0 Å². The van der Waals surface area contributed by atoms with E-state index < -0.39 is 12.0 Å². The number of aliphatic hydroxyl groups excluding tert-OH is 1. The predicted molar refractivity (Wildman–Crippen MR) is 44.5 cm³/mol. The Morgan fingerprint density at radius 2 is 2.36 bits per heavy atom. The first-order valence-electron chi connectivity index (χ1n) is 3.36. The van der Waals surface area contributed by atoms with Crippen LogP contribution in [0.2, 0.25) is 0 Å². The first kappa shape index (κ1) is 10.7. The van der Waals surface area contributed by atoms with Crippen LogP contribution in [0.25, 0.3) is 0 Å². The van der Waals surface area contributed by atoms with Gasteiger partial charge in [-0.2, -0.15) is 12.6 Å². The quantitative estimate of drug-likeness (QED) is 0.380. The number of ether oxygens (including phenoxy) is 1. The Morgan fingerprint density at radius 1 is 1.73 bits per heavy atom. The van der Waals surface area contributed by atoms with Gasteiger partial charge in [-0.3, -0.25) is 4.79 Å². The zero-order chi connectivity index (χ0) is 8.69. The molecule has 0 fully saturated rings. The number of hydrogen-bond donors (Lipinski definition) is 3. The van der Waals surface area contributed by atoms with Gasteiger partial charge in [-0.25, -0.2) is 0 Å². The minimum absolute atomic E-state index is 0.0130. The van der Waals surface area contributed by atoms with Crippen molar-refractivity contribution in [2.24, 2.45) is 5.73 Å². The van der Waals surface area contributed by atoms with Gasteiger partial charge in [0.15, 0.2) is 0 Å². The van der Waals surface area contributed by atoms with Crippen molar-refractivity contribution >= 4 is 18.6 Å². The standard InChI is InChI=1S/C6H13NO3S/c7-5(1-4-11)6(9)10-3-2-8/h5,8,11H,1-4,7H2/t5-/m0/s1. The molecule has 5 heteroatoms. The van der Waals surface area contributed by atoms with Crippen molar-refractivity contribution < 1.29 is 14.6 Å². The lowest BCUT2D eigenvalue weighted by Gasteiger charge is -2.08.